The fraction of sp³-hybridized carbons (Fsp3) is 0.0526. The number of pyridine rings is 1. The Bertz CT molecular complexity index is 910. The van der Waals surface area contributed by atoms with Crippen LogP contribution in [0.25, 0.3) is 0 Å². The first-order chi connectivity index (χ1) is 12.5. The van der Waals surface area contributed by atoms with Gasteiger partial charge >= 0.3 is 0 Å². The smallest absolute Gasteiger partial charge is 0.257 e. The van der Waals surface area contributed by atoms with Crippen LogP contribution in [0.1, 0.15) is 10.4 Å². The number of carbonyl (C=O) groups is 1. The van der Waals surface area contributed by atoms with Crippen LogP contribution in [0, 0.1) is 0 Å². The molecule has 26 heavy (non-hydrogen) atoms. The van der Waals surface area contributed by atoms with Crippen LogP contribution in [-0.4, -0.2) is 18.0 Å². The maximum atomic E-state index is 12.3. The van der Waals surface area contributed by atoms with Gasteiger partial charge in [0.1, 0.15) is 11.6 Å². The highest BCUT2D eigenvalue weighted by Crippen LogP contribution is 2.24. The van der Waals surface area contributed by atoms with Crippen LogP contribution < -0.4 is 15.4 Å². The van der Waals surface area contributed by atoms with Crippen LogP contribution >= 0.6 is 23.2 Å². The minimum Gasteiger partial charge on any atom is -0.497 e. The fourth-order valence-corrected chi connectivity index (χ4v) is 2.81. The normalized spacial score (nSPS) is 10.3. The number of hydrogen-bond acceptors (Lipinski definition) is 4. The summed E-state index contributed by atoms with van der Waals surface area (Å²) in [5.74, 6) is 0.977. The monoisotopic (exact) mass is 387 g/mol. The molecule has 0 aliphatic heterocycles. The molecule has 2 N–H and O–H groups in total. The summed E-state index contributed by atoms with van der Waals surface area (Å²) in [6.07, 6.45) is 1.49. The van der Waals surface area contributed by atoms with Crippen molar-refractivity contribution in [3.63, 3.8) is 0 Å². The zero-order valence-electron chi connectivity index (χ0n) is 13.8. The van der Waals surface area contributed by atoms with Crippen molar-refractivity contribution < 1.29 is 9.53 Å². The van der Waals surface area contributed by atoms with Gasteiger partial charge in [-0.15, -0.1) is 0 Å². The number of halogens is 2. The molecule has 3 aromatic rings. The SMILES string of the molecule is COc1cccc(NC(=O)c2ccc(Nc3cc(Cl)cc(Cl)c3)nc2)c1. The predicted molar refractivity (Wildman–Crippen MR) is 105 cm³/mol. The van der Waals surface area contributed by atoms with Gasteiger partial charge in [-0.3, -0.25) is 4.79 Å². The number of benzene rings is 2. The lowest BCUT2D eigenvalue weighted by atomic mass is 10.2. The molecule has 0 fully saturated rings. The second kappa shape index (κ2) is 8.08. The summed E-state index contributed by atoms with van der Waals surface area (Å²) in [7, 11) is 1.57. The largest absolute Gasteiger partial charge is 0.497 e. The van der Waals surface area contributed by atoms with Gasteiger partial charge in [0.25, 0.3) is 5.91 Å². The third-order valence-electron chi connectivity index (χ3n) is 3.49. The Hall–Kier alpha value is -2.76. The summed E-state index contributed by atoms with van der Waals surface area (Å²) in [6, 6.07) is 15.6. The number of anilines is 3. The van der Waals surface area contributed by atoms with Gasteiger partial charge in [-0.05, 0) is 42.5 Å². The van der Waals surface area contributed by atoms with E-state index in [-0.39, 0.29) is 5.91 Å². The number of carbonyl (C=O) groups excluding carboxylic acids is 1. The number of aromatic nitrogens is 1. The number of ether oxygens (including phenoxy) is 1. The molecule has 0 spiro atoms. The third kappa shape index (κ3) is 4.65. The molecular weight excluding hydrogens is 373 g/mol. The highest BCUT2D eigenvalue weighted by Gasteiger charge is 2.08. The van der Waals surface area contributed by atoms with E-state index < -0.39 is 0 Å². The molecule has 5 nitrogen and oxygen atoms in total. The summed E-state index contributed by atoms with van der Waals surface area (Å²) in [6.45, 7) is 0. The second-order valence-corrected chi connectivity index (χ2v) is 6.27. The Morgan fingerprint density at radius 3 is 2.42 bits per heavy atom. The molecule has 132 valence electrons. The quantitative estimate of drug-likeness (QED) is 0.615. The topological polar surface area (TPSA) is 63.2 Å². The molecule has 0 unspecified atom stereocenters. The van der Waals surface area contributed by atoms with Gasteiger partial charge in [-0.2, -0.15) is 0 Å². The van der Waals surface area contributed by atoms with Crippen molar-refractivity contribution in [1.29, 1.82) is 0 Å². The van der Waals surface area contributed by atoms with Crippen LogP contribution in [0.15, 0.2) is 60.8 Å². The lowest BCUT2D eigenvalue weighted by molar-refractivity contribution is 0.102. The molecule has 3 rings (SSSR count). The van der Waals surface area contributed by atoms with E-state index >= 15 is 0 Å². The Morgan fingerprint density at radius 1 is 1.00 bits per heavy atom. The molecule has 0 aliphatic carbocycles. The highest BCUT2D eigenvalue weighted by atomic mass is 35.5. The molecular formula is C19H15Cl2N3O2. The first-order valence-corrected chi connectivity index (χ1v) is 8.43. The van der Waals surface area contributed by atoms with Crippen LogP contribution in [-0.2, 0) is 0 Å². The summed E-state index contributed by atoms with van der Waals surface area (Å²) >= 11 is 12.0. The van der Waals surface area contributed by atoms with Gasteiger partial charge in [-0.25, -0.2) is 4.98 Å². The van der Waals surface area contributed by atoms with Crippen LogP contribution in [0.4, 0.5) is 17.2 Å². The lowest BCUT2D eigenvalue weighted by Crippen LogP contribution is -2.12. The van der Waals surface area contributed by atoms with E-state index in [0.717, 1.165) is 0 Å². The van der Waals surface area contributed by atoms with E-state index in [2.05, 4.69) is 15.6 Å². The predicted octanol–water partition coefficient (Wildman–Crippen LogP) is 5.39. The van der Waals surface area contributed by atoms with Gasteiger partial charge < -0.3 is 15.4 Å². The molecule has 1 amide bonds. The molecule has 0 bridgehead atoms. The molecule has 1 heterocycles. The van der Waals surface area contributed by atoms with Gasteiger partial charge in [-0.1, -0.05) is 29.3 Å². The number of nitrogens with one attached hydrogen (secondary N) is 2. The van der Waals surface area contributed by atoms with Crippen molar-refractivity contribution in [2.24, 2.45) is 0 Å². The Morgan fingerprint density at radius 2 is 1.77 bits per heavy atom. The van der Waals surface area contributed by atoms with Gasteiger partial charge in [0.15, 0.2) is 0 Å². The summed E-state index contributed by atoms with van der Waals surface area (Å²) in [4.78, 5) is 16.6. The highest BCUT2D eigenvalue weighted by molar-refractivity contribution is 6.35. The summed E-state index contributed by atoms with van der Waals surface area (Å²) in [5.41, 5.74) is 1.79. The Kier molecular flexibility index (Phi) is 5.61. The standard InChI is InChI=1S/C19H15Cl2N3O2/c1-26-17-4-2-3-15(10-17)24-19(25)12-5-6-18(22-11-12)23-16-8-13(20)7-14(21)9-16/h2-11H,1H3,(H,22,23)(H,24,25). The average molecular weight is 388 g/mol. The van der Waals surface area contributed by atoms with Gasteiger partial charge in [0.2, 0.25) is 0 Å². The molecule has 0 saturated heterocycles. The first-order valence-electron chi connectivity index (χ1n) is 7.68. The van der Waals surface area contributed by atoms with Gasteiger partial charge in [0.05, 0.1) is 12.7 Å². The van der Waals surface area contributed by atoms with Crippen LogP contribution in [0.2, 0.25) is 10.0 Å². The molecule has 0 atom stereocenters. The van der Waals surface area contributed by atoms with Crippen LogP contribution in [0.3, 0.4) is 0 Å². The Labute approximate surface area is 160 Å². The van der Waals surface area contributed by atoms with E-state index in [1.54, 1.807) is 61.7 Å². The molecule has 0 saturated carbocycles. The number of rotatable bonds is 5. The summed E-state index contributed by atoms with van der Waals surface area (Å²) in [5, 5.41) is 6.94. The zero-order chi connectivity index (χ0) is 18.5. The van der Waals surface area contributed by atoms with E-state index in [4.69, 9.17) is 27.9 Å². The van der Waals surface area contributed by atoms with Crippen molar-refractivity contribution in [2.75, 3.05) is 17.7 Å². The van der Waals surface area contributed by atoms with Crippen molar-refractivity contribution in [3.8, 4) is 5.75 Å². The number of hydrogen-bond donors (Lipinski definition) is 2. The van der Waals surface area contributed by atoms with Crippen molar-refractivity contribution in [1.82, 2.24) is 4.98 Å². The molecule has 7 heteroatoms. The number of nitrogens with zero attached hydrogens (tertiary/aromatic N) is 1. The molecule has 0 aliphatic rings. The van der Waals surface area contributed by atoms with E-state index in [1.807, 2.05) is 0 Å². The zero-order valence-corrected chi connectivity index (χ0v) is 15.3. The van der Waals surface area contributed by atoms with Crippen LogP contribution in [0.5, 0.6) is 5.75 Å². The first kappa shape index (κ1) is 18.0. The maximum Gasteiger partial charge on any atom is 0.257 e. The molecule has 1 aromatic heterocycles. The second-order valence-electron chi connectivity index (χ2n) is 5.40. The minimum atomic E-state index is -0.261. The van der Waals surface area contributed by atoms with Crippen molar-refractivity contribution >= 4 is 46.3 Å². The Balaban J connectivity index is 1.69. The van der Waals surface area contributed by atoms with Gasteiger partial charge in [0, 0.05) is 33.7 Å². The molecule has 2 aromatic carbocycles. The molecule has 0 radical (unpaired) electrons. The number of methoxy groups -OCH3 is 1. The maximum absolute atomic E-state index is 12.3. The van der Waals surface area contributed by atoms with Crippen molar-refractivity contribution in [3.05, 3.63) is 76.4 Å². The van der Waals surface area contributed by atoms with Crippen molar-refractivity contribution in [2.45, 2.75) is 0 Å². The average Bonchev–Trinajstić information content (AvgIpc) is 2.61. The minimum absolute atomic E-state index is 0.261. The lowest BCUT2D eigenvalue weighted by Gasteiger charge is -2.09. The van der Waals surface area contributed by atoms with E-state index in [0.29, 0.717) is 38.6 Å². The fourth-order valence-electron chi connectivity index (χ4n) is 2.28. The third-order valence-corrected chi connectivity index (χ3v) is 3.92. The number of amides is 1. The summed E-state index contributed by atoms with van der Waals surface area (Å²) < 4.78 is 5.14. The van der Waals surface area contributed by atoms with E-state index in [9.17, 15) is 4.79 Å². The van der Waals surface area contributed by atoms with E-state index in [1.165, 1.54) is 6.20 Å².